The van der Waals surface area contributed by atoms with Crippen LogP contribution < -0.4 is 10.1 Å². The highest BCUT2D eigenvalue weighted by Crippen LogP contribution is 2.32. The van der Waals surface area contributed by atoms with E-state index >= 15 is 0 Å². The minimum absolute atomic E-state index is 0.0768. The summed E-state index contributed by atoms with van der Waals surface area (Å²) < 4.78 is 5.85. The Labute approximate surface area is 207 Å². The molecule has 1 aliphatic rings. The molecule has 2 bridgehead atoms. The summed E-state index contributed by atoms with van der Waals surface area (Å²) in [6.45, 7) is 1.36. The molecule has 4 rings (SSSR count). The number of nitrogens with one attached hydrogen (secondary N) is 2. The van der Waals surface area contributed by atoms with E-state index in [2.05, 4.69) is 25.3 Å². The number of nitrogens with zero attached hydrogens (tertiary/aromatic N) is 5. The van der Waals surface area contributed by atoms with E-state index in [9.17, 15) is 15.0 Å². The summed E-state index contributed by atoms with van der Waals surface area (Å²) in [5.74, 6) is 0.717. The molecular formula is C23H28ClN7O4. The van der Waals surface area contributed by atoms with Crippen LogP contribution in [0, 0.1) is 0 Å². The minimum atomic E-state index is -0.683. The fourth-order valence-electron chi connectivity index (χ4n) is 3.86. The highest BCUT2D eigenvalue weighted by molar-refractivity contribution is 6.32. The Bertz CT molecular complexity index is 1230. The predicted molar refractivity (Wildman–Crippen MR) is 134 cm³/mol. The summed E-state index contributed by atoms with van der Waals surface area (Å²) in [4.78, 5) is 32.1. The van der Waals surface area contributed by atoms with Gasteiger partial charge >= 0.3 is 0 Å². The molecule has 3 heterocycles. The van der Waals surface area contributed by atoms with Crippen LogP contribution >= 0.6 is 11.6 Å². The Morgan fingerprint density at radius 2 is 2.09 bits per heavy atom. The SMILES string of the molecule is CN1CCCNc2ncnc3[nH]c(O)c(c23)C=Nc2ccc(Cl)c(c2)OCCN(C)[C@H](CO)C1=O. The molecular weight excluding hydrogens is 474 g/mol. The number of hydrogen-bond donors (Lipinski definition) is 4. The molecule has 1 aromatic carbocycles. The Kier molecular flexibility index (Phi) is 7.69. The molecule has 35 heavy (non-hydrogen) atoms. The zero-order valence-corrected chi connectivity index (χ0v) is 20.3. The van der Waals surface area contributed by atoms with Gasteiger partial charge in [0.25, 0.3) is 0 Å². The van der Waals surface area contributed by atoms with Crippen LogP contribution in [0.3, 0.4) is 0 Å². The molecule has 0 saturated heterocycles. The number of aromatic amines is 1. The molecule has 0 saturated carbocycles. The van der Waals surface area contributed by atoms with Gasteiger partial charge in [-0.2, -0.15) is 0 Å². The standard InChI is InChI=1S/C23H28ClN7O4/c1-30-8-9-35-18-10-14(4-5-16(18)24)26-11-15-19-20(27-13-28-21(19)29-22(15)33)25-6-3-7-31(2)23(34)17(30)12-32/h4-5,10-11,13,17,32-33H,3,6-9,12H2,1-2H3,(H2,25,27,28,29)/t17-/m1/s1. The van der Waals surface area contributed by atoms with E-state index in [0.717, 1.165) is 0 Å². The minimum Gasteiger partial charge on any atom is -0.494 e. The van der Waals surface area contributed by atoms with E-state index in [1.165, 1.54) is 12.5 Å². The third-order valence-electron chi connectivity index (χ3n) is 5.90. The van der Waals surface area contributed by atoms with Gasteiger partial charge in [0.2, 0.25) is 5.91 Å². The van der Waals surface area contributed by atoms with Gasteiger partial charge in [-0.1, -0.05) is 11.6 Å². The number of aliphatic hydroxyl groups is 1. The zero-order chi connectivity index (χ0) is 24.9. The number of aromatic hydroxyl groups is 1. The lowest BCUT2D eigenvalue weighted by molar-refractivity contribution is -0.136. The summed E-state index contributed by atoms with van der Waals surface area (Å²) in [6.07, 6.45) is 3.58. The number of halogens is 1. The maximum absolute atomic E-state index is 12.9. The number of H-pyrrole nitrogens is 1. The average molecular weight is 502 g/mol. The number of aliphatic hydroxyl groups excluding tert-OH is 1. The van der Waals surface area contributed by atoms with Crippen LogP contribution in [0.5, 0.6) is 11.6 Å². The van der Waals surface area contributed by atoms with Crippen molar-refractivity contribution in [2.45, 2.75) is 12.5 Å². The first-order valence-electron chi connectivity index (χ1n) is 11.2. The molecule has 3 aromatic rings. The van der Waals surface area contributed by atoms with Gasteiger partial charge in [0.15, 0.2) is 5.88 Å². The number of aromatic nitrogens is 3. The number of benzene rings is 1. The van der Waals surface area contributed by atoms with Crippen LogP contribution in [0.1, 0.15) is 12.0 Å². The average Bonchev–Trinajstić information content (AvgIpc) is 3.17. The van der Waals surface area contributed by atoms with Gasteiger partial charge in [-0.15, -0.1) is 0 Å². The lowest BCUT2D eigenvalue weighted by Gasteiger charge is -2.29. The number of likely N-dealkylation sites (N-methyl/N-ethyl adjacent to an activating group) is 2. The van der Waals surface area contributed by atoms with Crippen molar-refractivity contribution in [1.82, 2.24) is 24.8 Å². The van der Waals surface area contributed by atoms with Gasteiger partial charge in [0.1, 0.15) is 36.2 Å². The van der Waals surface area contributed by atoms with Crippen molar-refractivity contribution in [2.75, 3.05) is 52.3 Å². The predicted octanol–water partition coefficient (Wildman–Crippen LogP) is 2.01. The van der Waals surface area contributed by atoms with Gasteiger partial charge in [-0.3, -0.25) is 14.7 Å². The third kappa shape index (κ3) is 5.47. The van der Waals surface area contributed by atoms with Crippen molar-refractivity contribution in [3.63, 3.8) is 0 Å². The number of carbonyl (C=O) groups is 1. The lowest BCUT2D eigenvalue weighted by atomic mass is 10.2. The largest absolute Gasteiger partial charge is 0.494 e. The van der Waals surface area contributed by atoms with Gasteiger partial charge in [0.05, 0.1) is 28.3 Å². The number of amides is 1. The number of hydrogen-bond acceptors (Lipinski definition) is 9. The number of anilines is 1. The molecule has 0 radical (unpaired) electrons. The maximum Gasteiger partial charge on any atom is 0.242 e. The molecule has 4 N–H and O–H groups in total. The topological polar surface area (TPSA) is 139 Å². The Morgan fingerprint density at radius 3 is 2.89 bits per heavy atom. The van der Waals surface area contributed by atoms with Crippen molar-refractivity contribution >= 4 is 46.3 Å². The molecule has 1 amide bonds. The Balaban J connectivity index is 1.69. The molecule has 0 unspecified atom stereocenters. The van der Waals surface area contributed by atoms with E-state index in [-0.39, 0.29) is 25.0 Å². The molecule has 186 valence electrons. The molecule has 2 aromatic heterocycles. The highest BCUT2D eigenvalue weighted by Gasteiger charge is 2.25. The molecule has 11 nitrogen and oxygen atoms in total. The van der Waals surface area contributed by atoms with Crippen LogP contribution in [0.4, 0.5) is 11.5 Å². The summed E-state index contributed by atoms with van der Waals surface area (Å²) in [7, 11) is 3.48. The summed E-state index contributed by atoms with van der Waals surface area (Å²) in [5, 5.41) is 24.6. The number of fused-ring (bicyclic) bond motifs is 2. The summed E-state index contributed by atoms with van der Waals surface area (Å²) in [6, 6.07) is 4.42. The quantitative estimate of drug-likeness (QED) is 0.397. The molecule has 1 aliphatic heterocycles. The number of ether oxygens (including phenoxy) is 1. The van der Waals surface area contributed by atoms with E-state index in [1.54, 1.807) is 42.1 Å². The van der Waals surface area contributed by atoms with Gasteiger partial charge in [-0.25, -0.2) is 9.97 Å². The highest BCUT2D eigenvalue weighted by atomic mass is 35.5. The maximum atomic E-state index is 12.9. The zero-order valence-electron chi connectivity index (χ0n) is 19.5. The normalized spacial score (nSPS) is 18.5. The number of carbonyl (C=O) groups excluding carboxylic acids is 1. The van der Waals surface area contributed by atoms with E-state index in [4.69, 9.17) is 16.3 Å². The van der Waals surface area contributed by atoms with Gasteiger partial charge in [0, 0.05) is 39.0 Å². The van der Waals surface area contributed by atoms with Crippen molar-refractivity contribution in [3.05, 3.63) is 35.1 Å². The second-order valence-electron chi connectivity index (χ2n) is 8.27. The Morgan fingerprint density at radius 1 is 1.26 bits per heavy atom. The molecule has 12 heteroatoms. The van der Waals surface area contributed by atoms with Crippen LogP contribution in [0.25, 0.3) is 11.0 Å². The molecule has 0 fully saturated rings. The van der Waals surface area contributed by atoms with Crippen LogP contribution in [0.2, 0.25) is 5.02 Å². The smallest absolute Gasteiger partial charge is 0.242 e. The second-order valence-corrected chi connectivity index (χ2v) is 8.68. The monoisotopic (exact) mass is 501 g/mol. The Hall–Kier alpha value is -3.41. The fraction of sp³-hybridized carbons (Fsp3) is 0.391. The van der Waals surface area contributed by atoms with E-state index in [1.807, 2.05) is 0 Å². The summed E-state index contributed by atoms with van der Waals surface area (Å²) >= 11 is 6.30. The fourth-order valence-corrected chi connectivity index (χ4v) is 4.04. The van der Waals surface area contributed by atoms with Crippen molar-refractivity contribution in [1.29, 1.82) is 0 Å². The van der Waals surface area contributed by atoms with Gasteiger partial charge < -0.3 is 30.2 Å². The van der Waals surface area contributed by atoms with E-state index in [0.29, 0.717) is 64.9 Å². The molecule has 1 atom stereocenters. The first kappa shape index (κ1) is 24.7. The van der Waals surface area contributed by atoms with Crippen molar-refractivity contribution < 1.29 is 19.7 Å². The number of aliphatic imine (C=N–C) groups is 1. The third-order valence-corrected chi connectivity index (χ3v) is 6.21. The molecule has 0 aliphatic carbocycles. The number of rotatable bonds is 1. The van der Waals surface area contributed by atoms with Crippen LogP contribution in [-0.4, -0.2) is 100 Å². The van der Waals surface area contributed by atoms with Crippen molar-refractivity contribution in [2.24, 2.45) is 4.99 Å². The summed E-state index contributed by atoms with van der Waals surface area (Å²) in [5.41, 5.74) is 1.48. The first-order chi connectivity index (χ1) is 16.9. The first-order valence-corrected chi connectivity index (χ1v) is 11.6. The van der Waals surface area contributed by atoms with E-state index < -0.39 is 6.04 Å². The molecule has 0 spiro atoms. The lowest BCUT2D eigenvalue weighted by Crippen LogP contribution is -2.49. The van der Waals surface area contributed by atoms with Crippen LogP contribution in [0.15, 0.2) is 29.5 Å². The van der Waals surface area contributed by atoms with Crippen molar-refractivity contribution in [3.8, 4) is 11.6 Å². The second kappa shape index (κ2) is 10.9. The van der Waals surface area contributed by atoms with Crippen LogP contribution in [-0.2, 0) is 4.79 Å². The van der Waals surface area contributed by atoms with Gasteiger partial charge in [-0.05, 0) is 25.6 Å².